The molecule has 0 unspecified atom stereocenters. The zero-order valence-corrected chi connectivity index (χ0v) is 22.3. The number of carbonyl (C=O) groups excluding carboxylic acids is 1. The number of carboxylic acids is 1. The van der Waals surface area contributed by atoms with Crippen LogP contribution in [0, 0.1) is 0 Å². The number of carboxylic acid groups (broad SMARTS) is 1. The van der Waals surface area contributed by atoms with Crippen molar-refractivity contribution in [3.63, 3.8) is 0 Å². The standard InChI is InChI=1S/C26H36O4.C4H10O/c1-3-4-5-6-7-8-9-10-11-12-13-14-15-16-17-18-23(27)25-20-19-24(30-25)22(2)21-26(28)29;1-3-5-4-2/h4-5,7-8,10-11,19-21H,3,6,9,12-18H2,1-2H3,(H,28,29);3-4H2,1-2H3. The van der Waals surface area contributed by atoms with Crippen molar-refractivity contribution in [3.05, 3.63) is 66.2 Å². The molecule has 5 nitrogen and oxygen atoms in total. The number of rotatable bonds is 18. The average Bonchev–Trinajstić information content (AvgIpc) is 3.33. The fraction of sp³-hybridized carbons (Fsp3) is 0.533. The fourth-order valence-electron chi connectivity index (χ4n) is 3.19. The van der Waals surface area contributed by atoms with Crippen molar-refractivity contribution in [3.8, 4) is 0 Å². The lowest BCUT2D eigenvalue weighted by atomic mass is 10.1. The lowest BCUT2D eigenvalue weighted by molar-refractivity contribution is -0.131. The summed E-state index contributed by atoms with van der Waals surface area (Å²) in [6.07, 6.45) is 24.4. The third kappa shape index (κ3) is 19.3. The minimum Gasteiger partial charge on any atom is -0.478 e. The molecule has 5 heteroatoms. The molecule has 1 heterocycles. The summed E-state index contributed by atoms with van der Waals surface area (Å²) in [7, 11) is 0. The maximum atomic E-state index is 12.2. The Kier molecular flexibility index (Phi) is 21.3. The first-order valence-electron chi connectivity index (χ1n) is 13.0. The molecule has 196 valence electrons. The average molecular weight is 487 g/mol. The highest BCUT2D eigenvalue weighted by molar-refractivity contribution is 5.94. The molecule has 0 aliphatic heterocycles. The zero-order valence-electron chi connectivity index (χ0n) is 22.3. The molecule has 0 aliphatic carbocycles. The van der Waals surface area contributed by atoms with Gasteiger partial charge in [-0.2, -0.15) is 0 Å². The molecule has 1 rings (SSSR count). The second-order valence-corrected chi connectivity index (χ2v) is 8.13. The van der Waals surface area contributed by atoms with E-state index >= 15 is 0 Å². The molecule has 0 spiro atoms. The second-order valence-electron chi connectivity index (χ2n) is 8.13. The summed E-state index contributed by atoms with van der Waals surface area (Å²) in [6.45, 7) is 9.46. The molecule has 0 aromatic carbocycles. The summed E-state index contributed by atoms with van der Waals surface area (Å²) in [6, 6.07) is 3.27. The van der Waals surface area contributed by atoms with E-state index in [0.29, 0.717) is 23.5 Å². The first-order chi connectivity index (χ1) is 17.0. The van der Waals surface area contributed by atoms with E-state index in [0.717, 1.165) is 64.2 Å². The Morgan fingerprint density at radius 1 is 0.829 bits per heavy atom. The van der Waals surface area contributed by atoms with Crippen molar-refractivity contribution in [2.24, 2.45) is 0 Å². The van der Waals surface area contributed by atoms with E-state index in [1.807, 2.05) is 13.8 Å². The first kappa shape index (κ1) is 32.3. The highest BCUT2D eigenvalue weighted by atomic mass is 16.5. The van der Waals surface area contributed by atoms with Gasteiger partial charge in [0.05, 0.1) is 0 Å². The Bertz CT molecular complexity index is 793. The van der Waals surface area contributed by atoms with Crippen LogP contribution in [0.5, 0.6) is 0 Å². The van der Waals surface area contributed by atoms with E-state index in [1.54, 1.807) is 19.1 Å². The van der Waals surface area contributed by atoms with Crippen LogP contribution in [0.15, 0.2) is 59.1 Å². The van der Waals surface area contributed by atoms with Crippen LogP contribution in [0.1, 0.15) is 108 Å². The topological polar surface area (TPSA) is 76.7 Å². The van der Waals surface area contributed by atoms with Crippen LogP contribution in [-0.4, -0.2) is 30.1 Å². The van der Waals surface area contributed by atoms with Crippen LogP contribution in [0.4, 0.5) is 0 Å². The number of carbonyl (C=O) groups is 2. The molecule has 0 fully saturated rings. The Morgan fingerprint density at radius 3 is 2.00 bits per heavy atom. The zero-order chi connectivity index (χ0) is 26.2. The number of allylic oxidation sites excluding steroid dienone is 7. The molecule has 0 saturated carbocycles. The third-order valence-corrected chi connectivity index (χ3v) is 5.07. The number of hydrogen-bond acceptors (Lipinski definition) is 4. The number of ether oxygens (including phenoxy) is 1. The van der Waals surface area contributed by atoms with E-state index < -0.39 is 5.97 Å². The van der Waals surface area contributed by atoms with Gasteiger partial charge in [-0.1, -0.05) is 62.6 Å². The summed E-state index contributed by atoms with van der Waals surface area (Å²) in [5.41, 5.74) is 0.496. The van der Waals surface area contributed by atoms with Gasteiger partial charge < -0.3 is 14.3 Å². The van der Waals surface area contributed by atoms with Crippen molar-refractivity contribution in [1.82, 2.24) is 0 Å². The van der Waals surface area contributed by atoms with Crippen LogP contribution < -0.4 is 0 Å². The number of unbranched alkanes of at least 4 members (excludes halogenated alkanes) is 5. The first-order valence-corrected chi connectivity index (χ1v) is 13.0. The van der Waals surface area contributed by atoms with E-state index in [9.17, 15) is 9.59 Å². The van der Waals surface area contributed by atoms with Gasteiger partial charge in [0.15, 0.2) is 11.5 Å². The quantitative estimate of drug-likeness (QED) is 0.0973. The van der Waals surface area contributed by atoms with Crippen molar-refractivity contribution >= 4 is 17.3 Å². The van der Waals surface area contributed by atoms with Gasteiger partial charge in [-0.05, 0) is 77.0 Å². The molecular formula is C30H46O5. The number of ketones is 1. The van der Waals surface area contributed by atoms with Gasteiger partial charge in [-0.25, -0.2) is 4.79 Å². The Hall–Kier alpha value is -2.66. The summed E-state index contributed by atoms with van der Waals surface area (Å²) < 4.78 is 10.3. The van der Waals surface area contributed by atoms with Gasteiger partial charge in [-0.3, -0.25) is 4.79 Å². The number of Topliss-reactive ketones (excluding diaryl/α,β-unsaturated/α-hetero) is 1. The molecule has 1 aromatic heterocycles. The predicted octanol–water partition coefficient (Wildman–Crippen LogP) is 8.58. The van der Waals surface area contributed by atoms with Crippen LogP contribution in [-0.2, 0) is 9.53 Å². The lowest BCUT2D eigenvalue weighted by Gasteiger charge is -2.00. The van der Waals surface area contributed by atoms with E-state index in [1.165, 1.54) is 12.8 Å². The number of hydrogen-bond donors (Lipinski definition) is 1. The molecular weight excluding hydrogens is 440 g/mol. The molecule has 0 aliphatic rings. The molecule has 1 aromatic rings. The normalized spacial score (nSPS) is 11.9. The predicted molar refractivity (Wildman–Crippen MR) is 146 cm³/mol. The van der Waals surface area contributed by atoms with Gasteiger partial charge >= 0.3 is 5.97 Å². The molecule has 0 bridgehead atoms. The van der Waals surface area contributed by atoms with Crippen LogP contribution >= 0.6 is 0 Å². The smallest absolute Gasteiger partial charge is 0.328 e. The molecule has 1 N–H and O–H groups in total. The molecule has 0 atom stereocenters. The van der Waals surface area contributed by atoms with E-state index in [4.69, 9.17) is 14.3 Å². The SMILES string of the molecule is CCC=CCC=CCC=CCCCCCCCC(=O)c1ccc(C(C)=CC(=O)O)o1.CCOCC. The number of furan rings is 1. The second kappa shape index (κ2) is 23.1. The fourth-order valence-corrected chi connectivity index (χ4v) is 3.19. The van der Waals surface area contributed by atoms with Gasteiger partial charge in [-0.15, -0.1) is 0 Å². The largest absolute Gasteiger partial charge is 0.478 e. The highest BCUT2D eigenvalue weighted by Crippen LogP contribution is 2.19. The summed E-state index contributed by atoms with van der Waals surface area (Å²) >= 11 is 0. The molecule has 0 amide bonds. The number of aliphatic carboxylic acids is 1. The Balaban J connectivity index is 0.00000209. The minimum absolute atomic E-state index is 0.0226. The molecule has 35 heavy (non-hydrogen) atoms. The van der Waals surface area contributed by atoms with Crippen molar-refractivity contribution in [2.45, 2.75) is 91.9 Å². The summed E-state index contributed by atoms with van der Waals surface area (Å²) in [4.78, 5) is 22.9. The minimum atomic E-state index is -1.03. The van der Waals surface area contributed by atoms with Gasteiger partial charge in [0.2, 0.25) is 0 Å². The van der Waals surface area contributed by atoms with Gasteiger partial charge in [0.25, 0.3) is 0 Å². The van der Waals surface area contributed by atoms with E-state index in [2.05, 4.69) is 43.4 Å². The third-order valence-electron chi connectivity index (χ3n) is 5.07. The van der Waals surface area contributed by atoms with Gasteiger partial charge in [0, 0.05) is 25.7 Å². The maximum Gasteiger partial charge on any atom is 0.328 e. The lowest BCUT2D eigenvalue weighted by Crippen LogP contribution is -1.97. The van der Waals surface area contributed by atoms with Crippen molar-refractivity contribution in [2.75, 3.05) is 13.2 Å². The van der Waals surface area contributed by atoms with Gasteiger partial charge in [0.1, 0.15) is 5.76 Å². The van der Waals surface area contributed by atoms with Crippen molar-refractivity contribution < 1.29 is 23.8 Å². The summed E-state index contributed by atoms with van der Waals surface area (Å²) in [5.74, 6) is -0.313. The van der Waals surface area contributed by atoms with E-state index in [-0.39, 0.29) is 5.78 Å². The van der Waals surface area contributed by atoms with Crippen LogP contribution in [0.25, 0.3) is 5.57 Å². The highest BCUT2D eigenvalue weighted by Gasteiger charge is 2.12. The summed E-state index contributed by atoms with van der Waals surface area (Å²) in [5, 5.41) is 8.77. The van der Waals surface area contributed by atoms with Crippen LogP contribution in [0.2, 0.25) is 0 Å². The molecule has 0 radical (unpaired) electrons. The Morgan fingerprint density at radius 2 is 1.40 bits per heavy atom. The Labute approximate surface area is 212 Å². The van der Waals surface area contributed by atoms with Crippen LogP contribution in [0.3, 0.4) is 0 Å². The van der Waals surface area contributed by atoms with Crippen molar-refractivity contribution in [1.29, 1.82) is 0 Å². The maximum absolute atomic E-state index is 12.2. The monoisotopic (exact) mass is 486 g/mol. The molecule has 0 saturated heterocycles.